The average molecular weight is 459 g/mol. The van der Waals surface area contributed by atoms with E-state index in [1.165, 1.54) is 0 Å². The summed E-state index contributed by atoms with van der Waals surface area (Å²) in [5.41, 5.74) is 4.41. The Morgan fingerprint density at radius 2 is 1.50 bits per heavy atom. The number of rotatable bonds is 5. The number of hydrogen-bond acceptors (Lipinski definition) is 5. The van der Waals surface area contributed by atoms with Crippen molar-refractivity contribution in [3.63, 3.8) is 0 Å². The van der Waals surface area contributed by atoms with Gasteiger partial charge in [0.2, 0.25) is 6.79 Å². The van der Waals surface area contributed by atoms with Gasteiger partial charge in [-0.15, -0.1) is 0 Å². The Morgan fingerprint density at radius 1 is 0.794 bits per heavy atom. The summed E-state index contributed by atoms with van der Waals surface area (Å²) in [5, 5.41) is 8.71. The minimum absolute atomic E-state index is 0.172. The summed E-state index contributed by atoms with van der Waals surface area (Å²) >= 11 is 0. The zero-order valence-electron chi connectivity index (χ0n) is 18.9. The molecule has 3 amide bonds. The molecular weight excluding hydrogens is 432 g/mol. The molecule has 3 aromatic rings. The number of amides is 3. The molecule has 0 radical (unpaired) electrons. The van der Waals surface area contributed by atoms with E-state index in [1.807, 2.05) is 31.2 Å². The predicted molar refractivity (Wildman–Crippen MR) is 132 cm³/mol. The van der Waals surface area contributed by atoms with E-state index in [9.17, 15) is 9.59 Å². The standard InChI is InChI=1S/C26H26N4O4/c1-17-4-6-18(7-5-17)25(31)27-19-8-10-22(30-12-2-3-13-30)21(14-19)29-26(32)28-20-9-11-23-24(15-20)34-16-33-23/h4-11,14-15H,2-3,12-13,16H2,1H3,(H,27,31)(H2,28,29,32). The van der Waals surface area contributed by atoms with Crippen molar-refractivity contribution < 1.29 is 19.1 Å². The molecule has 0 saturated carbocycles. The van der Waals surface area contributed by atoms with Gasteiger partial charge >= 0.3 is 6.03 Å². The maximum atomic E-state index is 12.8. The second kappa shape index (κ2) is 9.35. The number of anilines is 4. The van der Waals surface area contributed by atoms with Crippen LogP contribution < -0.4 is 30.3 Å². The van der Waals surface area contributed by atoms with Gasteiger partial charge in [0.1, 0.15) is 0 Å². The number of carbonyl (C=O) groups excluding carboxylic acids is 2. The Kier molecular flexibility index (Phi) is 5.95. The summed E-state index contributed by atoms with van der Waals surface area (Å²) in [6.07, 6.45) is 2.21. The van der Waals surface area contributed by atoms with Crippen molar-refractivity contribution in [2.75, 3.05) is 40.7 Å². The number of carbonyl (C=O) groups is 2. The molecule has 3 aromatic carbocycles. The van der Waals surface area contributed by atoms with Crippen LogP contribution >= 0.6 is 0 Å². The van der Waals surface area contributed by atoms with Crippen LogP contribution in [0.4, 0.5) is 27.5 Å². The van der Waals surface area contributed by atoms with Crippen LogP contribution in [0.5, 0.6) is 11.5 Å². The van der Waals surface area contributed by atoms with E-state index in [0.717, 1.165) is 37.2 Å². The summed E-state index contributed by atoms with van der Waals surface area (Å²) < 4.78 is 10.7. The summed E-state index contributed by atoms with van der Waals surface area (Å²) in [5.74, 6) is 1.04. The van der Waals surface area contributed by atoms with E-state index in [0.29, 0.717) is 34.1 Å². The van der Waals surface area contributed by atoms with Gasteiger partial charge in [0.05, 0.1) is 11.4 Å². The highest BCUT2D eigenvalue weighted by Gasteiger charge is 2.19. The first-order valence-corrected chi connectivity index (χ1v) is 11.3. The van der Waals surface area contributed by atoms with Crippen LogP contribution in [0, 0.1) is 6.92 Å². The number of nitrogens with zero attached hydrogens (tertiary/aromatic N) is 1. The van der Waals surface area contributed by atoms with Gasteiger partial charge in [-0.2, -0.15) is 0 Å². The maximum absolute atomic E-state index is 12.8. The fourth-order valence-corrected chi connectivity index (χ4v) is 4.11. The quantitative estimate of drug-likeness (QED) is 0.488. The number of benzene rings is 3. The van der Waals surface area contributed by atoms with E-state index in [2.05, 4.69) is 20.9 Å². The van der Waals surface area contributed by atoms with E-state index in [-0.39, 0.29) is 18.7 Å². The molecule has 174 valence electrons. The molecule has 8 heteroatoms. The number of fused-ring (bicyclic) bond motifs is 1. The van der Waals surface area contributed by atoms with Crippen molar-refractivity contribution >= 4 is 34.7 Å². The van der Waals surface area contributed by atoms with E-state index in [1.54, 1.807) is 36.4 Å². The van der Waals surface area contributed by atoms with E-state index >= 15 is 0 Å². The lowest BCUT2D eigenvalue weighted by atomic mass is 10.1. The monoisotopic (exact) mass is 458 g/mol. The summed E-state index contributed by atoms with van der Waals surface area (Å²) in [6, 6.07) is 17.8. The third kappa shape index (κ3) is 4.76. The third-order valence-corrected chi connectivity index (χ3v) is 5.89. The summed E-state index contributed by atoms with van der Waals surface area (Å²) in [7, 11) is 0. The molecule has 0 spiro atoms. The first-order chi connectivity index (χ1) is 16.5. The molecule has 0 unspecified atom stereocenters. The van der Waals surface area contributed by atoms with Gasteiger partial charge in [-0.05, 0) is 62.2 Å². The van der Waals surface area contributed by atoms with Crippen molar-refractivity contribution in [2.45, 2.75) is 19.8 Å². The Bertz CT molecular complexity index is 1220. The molecule has 0 bridgehead atoms. The van der Waals surface area contributed by atoms with E-state index < -0.39 is 0 Å². The Hall–Kier alpha value is -4.20. The molecule has 8 nitrogen and oxygen atoms in total. The van der Waals surface area contributed by atoms with Crippen LogP contribution in [0.3, 0.4) is 0 Å². The summed E-state index contributed by atoms with van der Waals surface area (Å²) in [4.78, 5) is 27.8. The van der Waals surface area contributed by atoms with Gasteiger partial charge in [-0.25, -0.2) is 4.79 Å². The number of nitrogens with one attached hydrogen (secondary N) is 3. The molecule has 0 aliphatic carbocycles. The lowest BCUT2D eigenvalue weighted by molar-refractivity contribution is 0.102. The molecule has 1 saturated heterocycles. The first kappa shape index (κ1) is 21.6. The molecule has 2 aliphatic rings. The first-order valence-electron chi connectivity index (χ1n) is 11.3. The van der Waals surface area contributed by atoms with Gasteiger partial charge in [0.25, 0.3) is 5.91 Å². The highest BCUT2D eigenvalue weighted by molar-refractivity contribution is 6.06. The SMILES string of the molecule is Cc1ccc(C(=O)Nc2ccc(N3CCCC3)c(NC(=O)Nc3ccc4c(c3)OCO4)c2)cc1. The number of ether oxygens (including phenoxy) is 2. The van der Waals surface area contributed by atoms with Crippen molar-refractivity contribution in [2.24, 2.45) is 0 Å². The van der Waals surface area contributed by atoms with E-state index in [4.69, 9.17) is 9.47 Å². The fourth-order valence-electron chi connectivity index (χ4n) is 4.11. The smallest absolute Gasteiger partial charge is 0.323 e. The number of aryl methyl sites for hydroxylation is 1. The van der Waals surface area contributed by atoms with Crippen LogP contribution in [0.2, 0.25) is 0 Å². The van der Waals surface area contributed by atoms with Crippen molar-refractivity contribution in [3.05, 3.63) is 71.8 Å². The molecule has 3 N–H and O–H groups in total. The van der Waals surface area contributed by atoms with Gasteiger partial charge in [0.15, 0.2) is 11.5 Å². The highest BCUT2D eigenvalue weighted by atomic mass is 16.7. The summed E-state index contributed by atoms with van der Waals surface area (Å²) in [6.45, 7) is 4.00. The largest absolute Gasteiger partial charge is 0.454 e. The minimum atomic E-state index is -0.388. The fraction of sp³-hybridized carbons (Fsp3) is 0.231. The maximum Gasteiger partial charge on any atom is 0.323 e. The normalized spacial score (nSPS) is 14.1. The predicted octanol–water partition coefficient (Wildman–Crippen LogP) is 5.22. The zero-order valence-corrected chi connectivity index (χ0v) is 18.9. The Labute approximate surface area is 197 Å². The van der Waals surface area contributed by atoms with Crippen LogP contribution in [-0.2, 0) is 0 Å². The molecule has 5 rings (SSSR count). The van der Waals surface area contributed by atoms with Gasteiger partial charge < -0.3 is 30.3 Å². The lowest BCUT2D eigenvalue weighted by Crippen LogP contribution is -2.24. The van der Waals surface area contributed by atoms with Crippen molar-refractivity contribution in [3.8, 4) is 11.5 Å². The van der Waals surface area contributed by atoms with Gasteiger partial charge in [0, 0.05) is 36.1 Å². The van der Waals surface area contributed by atoms with Crippen LogP contribution in [-0.4, -0.2) is 31.8 Å². The number of urea groups is 1. The van der Waals surface area contributed by atoms with Gasteiger partial charge in [-0.1, -0.05) is 17.7 Å². The molecule has 0 atom stereocenters. The number of hydrogen-bond donors (Lipinski definition) is 3. The molecule has 0 aromatic heterocycles. The van der Waals surface area contributed by atoms with Crippen molar-refractivity contribution in [1.29, 1.82) is 0 Å². The van der Waals surface area contributed by atoms with Crippen LogP contribution in [0.1, 0.15) is 28.8 Å². The lowest BCUT2D eigenvalue weighted by Gasteiger charge is -2.22. The third-order valence-electron chi connectivity index (χ3n) is 5.89. The molecule has 2 aliphatic heterocycles. The second-order valence-electron chi connectivity index (χ2n) is 8.39. The van der Waals surface area contributed by atoms with Crippen LogP contribution in [0.15, 0.2) is 60.7 Å². The Morgan fingerprint density at radius 3 is 2.29 bits per heavy atom. The van der Waals surface area contributed by atoms with Crippen molar-refractivity contribution in [1.82, 2.24) is 0 Å². The second-order valence-corrected chi connectivity index (χ2v) is 8.39. The average Bonchev–Trinajstić information content (AvgIpc) is 3.51. The molecule has 34 heavy (non-hydrogen) atoms. The highest BCUT2D eigenvalue weighted by Crippen LogP contribution is 2.35. The molecule has 1 fully saturated rings. The van der Waals surface area contributed by atoms with Gasteiger partial charge in [-0.3, -0.25) is 4.79 Å². The molecular formula is C26H26N4O4. The zero-order chi connectivity index (χ0) is 23.5. The van der Waals surface area contributed by atoms with Crippen LogP contribution in [0.25, 0.3) is 0 Å². The Balaban J connectivity index is 1.34. The molecule has 2 heterocycles. The topological polar surface area (TPSA) is 91.9 Å². The minimum Gasteiger partial charge on any atom is -0.454 e.